The highest BCUT2D eigenvalue weighted by Gasteiger charge is 2.26. The molecule has 1 aliphatic rings. The van der Waals surface area contributed by atoms with E-state index in [4.69, 9.17) is 14.0 Å². The van der Waals surface area contributed by atoms with Gasteiger partial charge in [0.05, 0.1) is 26.7 Å². The van der Waals surface area contributed by atoms with Crippen LogP contribution in [0.3, 0.4) is 0 Å². The Hall–Kier alpha value is -3.39. The Morgan fingerprint density at radius 2 is 2.03 bits per heavy atom. The molecule has 0 spiro atoms. The number of benzene rings is 2. The van der Waals surface area contributed by atoms with Crippen molar-refractivity contribution in [3.8, 4) is 22.9 Å². The highest BCUT2D eigenvalue weighted by atomic mass is 16.5. The minimum absolute atomic E-state index is 0.0282. The number of aryl methyl sites for hydroxylation is 1. The minimum atomic E-state index is -0.0282. The van der Waals surface area contributed by atoms with Crippen LogP contribution in [0.25, 0.3) is 11.4 Å². The van der Waals surface area contributed by atoms with Gasteiger partial charge < -0.3 is 19.3 Å². The van der Waals surface area contributed by atoms with Gasteiger partial charge in [-0.15, -0.1) is 0 Å². The number of likely N-dealkylation sites (tertiary alicyclic amines) is 1. The fourth-order valence-electron chi connectivity index (χ4n) is 4.36. The summed E-state index contributed by atoms with van der Waals surface area (Å²) in [6.45, 7) is 4.84. The first kappa shape index (κ1) is 23.8. The number of piperidine rings is 1. The molecule has 2 heterocycles. The van der Waals surface area contributed by atoms with E-state index >= 15 is 0 Å². The Balaban J connectivity index is 1.30. The predicted molar refractivity (Wildman–Crippen MR) is 129 cm³/mol. The van der Waals surface area contributed by atoms with Gasteiger partial charge in [0.25, 0.3) is 0 Å². The molecule has 3 aromatic rings. The molecule has 8 heteroatoms. The maximum atomic E-state index is 12.7. The lowest BCUT2D eigenvalue weighted by Gasteiger charge is -2.30. The zero-order valence-corrected chi connectivity index (χ0v) is 20.0. The molecular weight excluding hydrogens is 432 g/mol. The molecule has 180 valence electrons. The third kappa shape index (κ3) is 5.94. The van der Waals surface area contributed by atoms with Crippen molar-refractivity contribution in [2.45, 2.75) is 32.7 Å². The van der Waals surface area contributed by atoms with Gasteiger partial charge in [0.1, 0.15) is 0 Å². The van der Waals surface area contributed by atoms with E-state index in [-0.39, 0.29) is 11.8 Å². The second kappa shape index (κ2) is 11.2. The van der Waals surface area contributed by atoms with Gasteiger partial charge in [-0.3, -0.25) is 9.69 Å². The van der Waals surface area contributed by atoms with E-state index in [0.717, 1.165) is 31.4 Å². The van der Waals surface area contributed by atoms with Gasteiger partial charge in [0, 0.05) is 18.7 Å². The Kier molecular flexibility index (Phi) is 7.80. The van der Waals surface area contributed by atoms with Crippen LogP contribution < -0.4 is 14.8 Å². The molecule has 1 saturated heterocycles. The Labute approximate surface area is 200 Å². The van der Waals surface area contributed by atoms with Crippen molar-refractivity contribution >= 4 is 5.91 Å². The summed E-state index contributed by atoms with van der Waals surface area (Å²) in [5.41, 5.74) is 3.27. The molecule has 0 aliphatic carbocycles. The summed E-state index contributed by atoms with van der Waals surface area (Å²) in [5, 5.41) is 7.24. The highest BCUT2D eigenvalue weighted by molar-refractivity contribution is 5.79. The van der Waals surface area contributed by atoms with Crippen molar-refractivity contribution in [3.63, 3.8) is 0 Å². The smallest absolute Gasteiger partial charge is 0.241 e. The molecule has 1 aliphatic heterocycles. The Morgan fingerprint density at radius 3 is 2.82 bits per heavy atom. The molecule has 1 fully saturated rings. The van der Waals surface area contributed by atoms with Crippen LogP contribution in [0.2, 0.25) is 0 Å². The summed E-state index contributed by atoms with van der Waals surface area (Å²) in [4.78, 5) is 19.5. The van der Waals surface area contributed by atoms with Gasteiger partial charge in [-0.05, 0) is 56.5 Å². The second-order valence-electron chi connectivity index (χ2n) is 8.69. The van der Waals surface area contributed by atoms with Gasteiger partial charge in [0.15, 0.2) is 11.5 Å². The van der Waals surface area contributed by atoms with Crippen LogP contribution >= 0.6 is 0 Å². The number of rotatable bonds is 9. The molecule has 2 aromatic carbocycles. The summed E-state index contributed by atoms with van der Waals surface area (Å²) in [5.74, 6) is 2.38. The first-order chi connectivity index (χ1) is 16.6. The van der Waals surface area contributed by atoms with Gasteiger partial charge in [-0.25, -0.2) is 0 Å². The van der Waals surface area contributed by atoms with Crippen LogP contribution in [0.5, 0.6) is 11.5 Å². The van der Waals surface area contributed by atoms with E-state index in [1.165, 1.54) is 11.1 Å². The number of nitrogens with zero attached hydrogens (tertiary/aromatic N) is 3. The molecule has 0 bridgehead atoms. The van der Waals surface area contributed by atoms with Gasteiger partial charge in [-0.1, -0.05) is 35.0 Å². The van der Waals surface area contributed by atoms with Crippen molar-refractivity contribution in [2.24, 2.45) is 5.92 Å². The number of ether oxygens (including phenoxy) is 2. The number of carbonyl (C=O) groups excluding carboxylic acids is 1. The predicted octanol–water partition coefficient (Wildman–Crippen LogP) is 3.63. The fraction of sp³-hybridized carbons (Fsp3) is 0.423. The summed E-state index contributed by atoms with van der Waals surface area (Å²) in [6, 6.07) is 13.9. The summed E-state index contributed by atoms with van der Waals surface area (Å²) in [6.07, 6.45) is 2.70. The number of nitrogens with one attached hydrogen (secondary N) is 1. The van der Waals surface area contributed by atoms with Gasteiger partial charge in [0.2, 0.25) is 17.6 Å². The van der Waals surface area contributed by atoms with Crippen LogP contribution in [0.4, 0.5) is 0 Å². The van der Waals surface area contributed by atoms with Crippen molar-refractivity contribution < 1.29 is 18.8 Å². The lowest BCUT2D eigenvalue weighted by Crippen LogP contribution is -2.43. The molecule has 1 atom stereocenters. The SMILES string of the molecule is COc1ccc(-c2noc(CN3CCCC(C(=O)NCCc4cccc(C)c4)C3)n2)cc1OC. The summed E-state index contributed by atoms with van der Waals surface area (Å²) in [7, 11) is 3.19. The molecule has 0 saturated carbocycles. The molecule has 4 rings (SSSR count). The topological polar surface area (TPSA) is 89.7 Å². The van der Waals surface area contributed by atoms with E-state index in [1.807, 2.05) is 18.2 Å². The van der Waals surface area contributed by atoms with Crippen LogP contribution in [-0.2, 0) is 17.8 Å². The lowest BCUT2D eigenvalue weighted by molar-refractivity contribution is -0.126. The van der Waals surface area contributed by atoms with Crippen LogP contribution in [0, 0.1) is 12.8 Å². The third-order valence-corrected chi connectivity index (χ3v) is 6.14. The number of hydrogen-bond donors (Lipinski definition) is 1. The number of carbonyl (C=O) groups is 1. The Morgan fingerprint density at radius 1 is 1.18 bits per heavy atom. The zero-order chi connectivity index (χ0) is 23.9. The number of amides is 1. The number of aromatic nitrogens is 2. The molecule has 34 heavy (non-hydrogen) atoms. The number of methoxy groups -OCH3 is 2. The maximum Gasteiger partial charge on any atom is 0.241 e. The van der Waals surface area contributed by atoms with E-state index in [0.29, 0.717) is 42.8 Å². The Bertz CT molecular complexity index is 1110. The summed E-state index contributed by atoms with van der Waals surface area (Å²) < 4.78 is 16.1. The molecule has 1 unspecified atom stereocenters. The first-order valence-electron chi connectivity index (χ1n) is 11.7. The zero-order valence-electron chi connectivity index (χ0n) is 20.0. The molecule has 1 aromatic heterocycles. The third-order valence-electron chi connectivity index (χ3n) is 6.14. The fourth-order valence-corrected chi connectivity index (χ4v) is 4.36. The average Bonchev–Trinajstić information content (AvgIpc) is 3.32. The molecule has 0 radical (unpaired) electrons. The standard InChI is InChI=1S/C26H32N4O4/c1-18-6-4-7-19(14-18)11-12-27-26(31)21-8-5-13-30(16-21)17-24-28-25(29-34-24)20-9-10-22(32-2)23(15-20)33-3/h4,6-7,9-10,14-15,21H,5,8,11-13,16-17H2,1-3H3,(H,27,31). The second-order valence-corrected chi connectivity index (χ2v) is 8.69. The lowest BCUT2D eigenvalue weighted by atomic mass is 9.97. The van der Waals surface area contributed by atoms with Gasteiger partial charge >= 0.3 is 0 Å². The van der Waals surface area contributed by atoms with E-state index in [2.05, 4.69) is 51.5 Å². The minimum Gasteiger partial charge on any atom is -0.493 e. The van der Waals surface area contributed by atoms with E-state index < -0.39 is 0 Å². The monoisotopic (exact) mass is 464 g/mol. The van der Waals surface area contributed by atoms with E-state index in [9.17, 15) is 4.79 Å². The van der Waals surface area contributed by atoms with Crippen molar-refractivity contribution in [3.05, 3.63) is 59.5 Å². The van der Waals surface area contributed by atoms with Crippen LogP contribution in [0.1, 0.15) is 29.9 Å². The normalized spacial score (nSPS) is 16.3. The van der Waals surface area contributed by atoms with Crippen LogP contribution in [-0.4, -0.2) is 54.8 Å². The molecule has 1 N–H and O–H groups in total. The van der Waals surface area contributed by atoms with Crippen LogP contribution in [0.15, 0.2) is 47.0 Å². The number of hydrogen-bond acceptors (Lipinski definition) is 7. The van der Waals surface area contributed by atoms with Crippen molar-refractivity contribution in [1.82, 2.24) is 20.4 Å². The van der Waals surface area contributed by atoms with Gasteiger partial charge in [-0.2, -0.15) is 4.98 Å². The average molecular weight is 465 g/mol. The van der Waals surface area contributed by atoms with Crippen molar-refractivity contribution in [2.75, 3.05) is 33.9 Å². The molecule has 1 amide bonds. The van der Waals surface area contributed by atoms with Crippen molar-refractivity contribution in [1.29, 1.82) is 0 Å². The van der Waals surface area contributed by atoms with E-state index in [1.54, 1.807) is 14.2 Å². The first-order valence-corrected chi connectivity index (χ1v) is 11.7. The summed E-state index contributed by atoms with van der Waals surface area (Å²) >= 11 is 0. The highest BCUT2D eigenvalue weighted by Crippen LogP contribution is 2.31. The molecule has 8 nitrogen and oxygen atoms in total. The quantitative estimate of drug-likeness (QED) is 0.517. The molecular formula is C26H32N4O4. The maximum absolute atomic E-state index is 12.7. The largest absolute Gasteiger partial charge is 0.493 e.